The fraction of sp³-hybridized carbons (Fsp3) is 0.222. The molecule has 2 aromatic rings. The topological polar surface area (TPSA) is 93.5 Å². The monoisotopic (exact) mass is 389 g/mol. The maximum absolute atomic E-state index is 13.0. The highest BCUT2D eigenvalue weighted by molar-refractivity contribution is 7.92. The van der Waals surface area contributed by atoms with Gasteiger partial charge in [0.15, 0.2) is 21.3 Å². The fourth-order valence-electron chi connectivity index (χ4n) is 3.44. The quantitative estimate of drug-likeness (QED) is 0.746. The predicted octanol–water partition coefficient (Wildman–Crippen LogP) is 2.72. The molecule has 2 aliphatic rings. The van der Waals surface area contributed by atoms with Crippen molar-refractivity contribution in [2.75, 3.05) is 6.79 Å². The van der Waals surface area contributed by atoms with Gasteiger partial charge in [-0.15, -0.1) is 0 Å². The minimum Gasteiger partial charge on any atom is -0.454 e. The second-order valence-electron chi connectivity index (χ2n) is 6.17. The van der Waals surface area contributed by atoms with Crippen LogP contribution in [0.2, 0.25) is 5.02 Å². The van der Waals surface area contributed by atoms with Gasteiger partial charge in [-0.05, 0) is 42.0 Å². The third-order valence-corrected chi connectivity index (χ3v) is 7.31. The Morgan fingerprint density at radius 2 is 1.85 bits per heavy atom. The maximum Gasteiger partial charge on any atom is 0.231 e. The SMILES string of the molecule is N#C[C@]1(C=O)[C@@H](c2ccc3c(c2)OCO3)[C@@H]1S(=O)(=O)c1ccc(Cl)cc1. The summed E-state index contributed by atoms with van der Waals surface area (Å²) >= 11 is 5.82. The maximum atomic E-state index is 13.0. The zero-order chi connectivity index (χ0) is 18.5. The van der Waals surface area contributed by atoms with Gasteiger partial charge in [0.25, 0.3) is 0 Å². The number of ether oxygens (including phenoxy) is 2. The molecule has 1 aliphatic heterocycles. The smallest absolute Gasteiger partial charge is 0.231 e. The number of nitrogens with zero attached hydrogens (tertiary/aromatic N) is 1. The van der Waals surface area contributed by atoms with E-state index in [1.165, 1.54) is 24.3 Å². The largest absolute Gasteiger partial charge is 0.454 e. The molecule has 1 saturated carbocycles. The number of benzene rings is 2. The molecule has 0 amide bonds. The Labute approximate surface area is 154 Å². The van der Waals surface area contributed by atoms with E-state index < -0.39 is 26.4 Å². The lowest BCUT2D eigenvalue weighted by atomic mass is 10.0. The number of sulfone groups is 1. The van der Waals surface area contributed by atoms with Crippen LogP contribution in [0.5, 0.6) is 11.5 Å². The van der Waals surface area contributed by atoms with Crippen LogP contribution in [0.1, 0.15) is 11.5 Å². The van der Waals surface area contributed by atoms with Gasteiger partial charge in [-0.25, -0.2) is 8.42 Å². The zero-order valence-electron chi connectivity index (χ0n) is 13.3. The Morgan fingerprint density at radius 3 is 2.50 bits per heavy atom. The van der Waals surface area contributed by atoms with Crippen LogP contribution in [-0.4, -0.2) is 26.7 Å². The van der Waals surface area contributed by atoms with Gasteiger partial charge < -0.3 is 14.3 Å². The van der Waals surface area contributed by atoms with Gasteiger partial charge in [0.1, 0.15) is 17.0 Å². The van der Waals surface area contributed by atoms with Crippen LogP contribution in [0, 0.1) is 16.7 Å². The van der Waals surface area contributed by atoms with E-state index in [2.05, 4.69) is 0 Å². The van der Waals surface area contributed by atoms with Gasteiger partial charge in [-0.3, -0.25) is 0 Å². The summed E-state index contributed by atoms with van der Waals surface area (Å²) in [7, 11) is -3.91. The molecule has 1 heterocycles. The molecule has 6 nitrogen and oxygen atoms in total. The minimum absolute atomic E-state index is 0.0246. The van der Waals surface area contributed by atoms with E-state index in [4.69, 9.17) is 21.1 Å². The van der Waals surface area contributed by atoms with Crippen molar-refractivity contribution in [2.45, 2.75) is 16.1 Å². The summed E-state index contributed by atoms with van der Waals surface area (Å²) in [6.45, 7) is 0.0764. The molecule has 0 saturated heterocycles. The first-order chi connectivity index (χ1) is 12.4. The van der Waals surface area contributed by atoms with Crippen LogP contribution < -0.4 is 9.47 Å². The lowest BCUT2D eigenvalue weighted by Gasteiger charge is -2.05. The third-order valence-electron chi connectivity index (χ3n) is 4.80. The highest BCUT2D eigenvalue weighted by Crippen LogP contribution is 2.63. The van der Waals surface area contributed by atoms with Crippen LogP contribution in [0.4, 0.5) is 0 Å². The molecule has 3 atom stereocenters. The first-order valence-electron chi connectivity index (χ1n) is 7.70. The molecule has 0 radical (unpaired) electrons. The number of carbonyl (C=O) groups is 1. The van der Waals surface area contributed by atoms with Gasteiger partial charge in [-0.1, -0.05) is 17.7 Å². The van der Waals surface area contributed by atoms with E-state index in [9.17, 15) is 18.5 Å². The molecule has 4 rings (SSSR count). The second kappa shape index (κ2) is 5.73. The van der Waals surface area contributed by atoms with Crippen LogP contribution in [0.15, 0.2) is 47.4 Å². The summed E-state index contributed by atoms with van der Waals surface area (Å²) in [5.74, 6) is 0.232. The van der Waals surface area contributed by atoms with Crippen molar-refractivity contribution in [1.29, 1.82) is 5.26 Å². The second-order valence-corrected chi connectivity index (χ2v) is 8.68. The number of fused-ring (bicyclic) bond motifs is 1. The molecule has 2 aromatic carbocycles. The molecular weight excluding hydrogens is 378 g/mol. The number of nitriles is 1. The Kier molecular flexibility index (Phi) is 3.72. The fourth-order valence-corrected chi connectivity index (χ4v) is 5.80. The minimum atomic E-state index is -3.91. The van der Waals surface area contributed by atoms with E-state index in [-0.39, 0.29) is 11.7 Å². The number of carbonyl (C=O) groups excluding carboxylic acids is 1. The first-order valence-corrected chi connectivity index (χ1v) is 9.63. The highest BCUT2D eigenvalue weighted by atomic mass is 35.5. The van der Waals surface area contributed by atoms with Gasteiger partial charge in [0.2, 0.25) is 6.79 Å². The predicted molar refractivity (Wildman–Crippen MR) is 91.8 cm³/mol. The summed E-state index contributed by atoms with van der Waals surface area (Å²) in [5.41, 5.74) is -1.09. The number of halogens is 1. The van der Waals surface area contributed by atoms with E-state index in [0.29, 0.717) is 28.4 Å². The Morgan fingerprint density at radius 1 is 1.15 bits per heavy atom. The molecule has 0 unspecified atom stereocenters. The summed E-state index contributed by atoms with van der Waals surface area (Å²) in [6.07, 6.45) is 0.431. The van der Waals surface area contributed by atoms with Crippen LogP contribution >= 0.6 is 11.6 Å². The molecule has 26 heavy (non-hydrogen) atoms. The van der Waals surface area contributed by atoms with Crippen molar-refractivity contribution in [3.05, 3.63) is 53.1 Å². The first kappa shape index (κ1) is 16.9. The normalized spacial score (nSPS) is 26.2. The molecule has 0 bridgehead atoms. The molecule has 1 fully saturated rings. The molecule has 0 aromatic heterocycles. The average Bonchev–Trinajstić information content (AvgIpc) is 3.12. The van der Waals surface area contributed by atoms with Gasteiger partial charge in [0.05, 0.1) is 11.0 Å². The summed E-state index contributed by atoms with van der Waals surface area (Å²) in [4.78, 5) is 11.7. The molecule has 132 valence electrons. The summed E-state index contributed by atoms with van der Waals surface area (Å²) in [6, 6.07) is 12.5. The molecule has 1 aliphatic carbocycles. The van der Waals surface area contributed by atoms with E-state index >= 15 is 0 Å². The summed E-state index contributed by atoms with van der Waals surface area (Å²) in [5, 5.41) is 8.81. The van der Waals surface area contributed by atoms with Gasteiger partial charge >= 0.3 is 0 Å². The van der Waals surface area contributed by atoms with Crippen molar-refractivity contribution in [3.63, 3.8) is 0 Å². The highest BCUT2D eigenvalue weighted by Gasteiger charge is 2.72. The van der Waals surface area contributed by atoms with Crippen molar-refractivity contribution in [3.8, 4) is 17.6 Å². The molecule has 0 spiro atoms. The Hall–Kier alpha value is -2.56. The Balaban J connectivity index is 1.79. The van der Waals surface area contributed by atoms with E-state index in [1.54, 1.807) is 18.2 Å². The average molecular weight is 390 g/mol. The van der Waals surface area contributed by atoms with Crippen molar-refractivity contribution < 1.29 is 22.7 Å². The van der Waals surface area contributed by atoms with E-state index in [0.717, 1.165) is 0 Å². The lowest BCUT2D eigenvalue weighted by molar-refractivity contribution is -0.110. The number of hydrogen-bond donors (Lipinski definition) is 0. The van der Waals surface area contributed by atoms with Crippen molar-refractivity contribution in [2.24, 2.45) is 5.41 Å². The lowest BCUT2D eigenvalue weighted by Crippen LogP contribution is -2.16. The Bertz CT molecular complexity index is 1040. The number of aldehydes is 1. The number of rotatable bonds is 4. The molecular formula is C18H12ClNO5S. The van der Waals surface area contributed by atoms with Crippen LogP contribution in [-0.2, 0) is 14.6 Å². The molecule has 8 heteroatoms. The van der Waals surface area contributed by atoms with Gasteiger partial charge in [0, 0.05) is 10.9 Å². The number of hydrogen-bond acceptors (Lipinski definition) is 6. The van der Waals surface area contributed by atoms with Crippen molar-refractivity contribution >= 4 is 27.7 Å². The van der Waals surface area contributed by atoms with Crippen molar-refractivity contribution in [1.82, 2.24) is 0 Å². The molecule has 0 N–H and O–H groups in total. The van der Waals surface area contributed by atoms with Crippen LogP contribution in [0.25, 0.3) is 0 Å². The van der Waals surface area contributed by atoms with Crippen LogP contribution in [0.3, 0.4) is 0 Å². The third kappa shape index (κ3) is 2.30. The zero-order valence-corrected chi connectivity index (χ0v) is 14.8. The summed E-state index contributed by atoms with van der Waals surface area (Å²) < 4.78 is 36.7. The van der Waals surface area contributed by atoms with Gasteiger partial charge in [-0.2, -0.15) is 5.26 Å². The van der Waals surface area contributed by atoms with E-state index in [1.807, 2.05) is 6.07 Å². The standard InChI is InChI=1S/C18H12ClNO5S/c19-12-2-4-13(5-3-12)26(22,23)17-16(18(17,8-20)9-21)11-1-6-14-15(7-11)25-10-24-14/h1-7,9,16-17H,10H2/t16-,17-,18-/m0/s1.